The quantitative estimate of drug-likeness (QED) is 0.686. The van der Waals surface area contributed by atoms with Crippen molar-refractivity contribution in [3.8, 4) is 0 Å². The Bertz CT molecular complexity index is 723. The fourth-order valence-electron chi connectivity index (χ4n) is 3.01. The Kier molecular flexibility index (Phi) is 2.66. The number of fused-ring (bicyclic) bond motifs is 2. The molecule has 0 unspecified atom stereocenters. The normalized spacial score (nSPS) is 14.7. The topological polar surface area (TPSA) is 17.8 Å². The molecule has 2 nitrogen and oxygen atoms in total. The van der Waals surface area contributed by atoms with Crippen molar-refractivity contribution in [1.29, 1.82) is 0 Å². The van der Waals surface area contributed by atoms with Crippen LogP contribution in [0.2, 0.25) is 0 Å². The molecule has 2 heterocycles. The number of nitrogens with zero attached hydrogens (tertiary/aromatic N) is 2. The molecule has 3 heteroatoms. The van der Waals surface area contributed by atoms with Gasteiger partial charge in [-0.1, -0.05) is 18.2 Å². The first-order valence-corrected chi connectivity index (χ1v) is 7.78. The molecule has 0 atom stereocenters. The number of hydrogen-bond acceptors (Lipinski definition) is 2. The number of aryl methyl sites for hydroxylation is 1. The molecule has 3 aromatic rings. The summed E-state index contributed by atoms with van der Waals surface area (Å²) in [5.74, 6) is 0. The van der Waals surface area contributed by atoms with E-state index in [1.807, 2.05) is 17.7 Å². The smallest absolute Gasteiger partial charge is 0.0954 e. The van der Waals surface area contributed by atoms with Gasteiger partial charge in [0, 0.05) is 10.4 Å². The first-order valence-electron chi connectivity index (χ1n) is 6.90. The van der Waals surface area contributed by atoms with E-state index in [2.05, 4.69) is 39.2 Å². The lowest BCUT2D eigenvalue weighted by Crippen LogP contribution is -2.08. The van der Waals surface area contributed by atoms with Crippen LogP contribution in [0.3, 0.4) is 0 Å². The monoisotopic (exact) mass is 268 g/mol. The van der Waals surface area contributed by atoms with Crippen LogP contribution in [0.5, 0.6) is 0 Å². The highest BCUT2D eigenvalue weighted by Crippen LogP contribution is 2.28. The van der Waals surface area contributed by atoms with E-state index in [4.69, 9.17) is 0 Å². The van der Waals surface area contributed by atoms with E-state index in [0.29, 0.717) is 0 Å². The maximum atomic E-state index is 4.58. The van der Waals surface area contributed by atoms with Gasteiger partial charge in [0.1, 0.15) is 0 Å². The second kappa shape index (κ2) is 4.49. The number of rotatable bonds is 2. The third-order valence-electron chi connectivity index (χ3n) is 4.01. The first-order chi connectivity index (χ1) is 9.42. The summed E-state index contributed by atoms with van der Waals surface area (Å²) < 4.78 is 3.73. The van der Waals surface area contributed by atoms with Gasteiger partial charge in [0.2, 0.25) is 0 Å². The fourth-order valence-corrected chi connectivity index (χ4v) is 3.96. The van der Waals surface area contributed by atoms with Crippen molar-refractivity contribution >= 4 is 21.4 Å². The van der Waals surface area contributed by atoms with Crippen molar-refractivity contribution in [2.45, 2.75) is 32.2 Å². The summed E-state index contributed by atoms with van der Waals surface area (Å²) in [6.45, 7) is 0.965. The van der Waals surface area contributed by atoms with Gasteiger partial charge in [-0.15, -0.1) is 11.3 Å². The second-order valence-corrected chi connectivity index (χ2v) is 6.14. The van der Waals surface area contributed by atoms with E-state index in [1.54, 1.807) is 0 Å². The zero-order valence-corrected chi connectivity index (χ0v) is 11.6. The van der Waals surface area contributed by atoms with Crippen molar-refractivity contribution in [2.24, 2.45) is 0 Å². The van der Waals surface area contributed by atoms with Crippen molar-refractivity contribution in [3.05, 3.63) is 52.9 Å². The number of imidazole rings is 1. The van der Waals surface area contributed by atoms with Gasteiger partial charge in [0.15, 0.2) is 0 Å². The van der Waals surface area contributed by atoms with Gasteiger partial charge in [-0.2, -0.15) is 0 Å². The molecule has 0 bridgehead atoms. The minimum absolute atomic E-state index is 0.965. The summed E-state index contributed by atoms with van der Waals surface area (Å²) in [6.07, 6.45) is 6.99. The molecule has 0 spiro atoms. The molecule has 1 aliphatic rings. The molecular weight excluding hydrogens is 252 g/mol. The SMILES string of the molecule is c1ccc2c(Cn3cnc4c3CCCC4)csc2c1. The first kappa shape index (κ1) is 11.2. The molecule has 0 saturated heterocycles. The molecule has 1 aromatic carbocycles. The Labute approximate surface area is 116 Å². The van der Waals surface area contributed by atoms with Gasteiger partial charge in [-0.3, -0.25) is 0 Å². The Morgan fingerprint density at radius 1 is 1.16 bits per heavy atom. The standard InChI is InChI=1S/C16H16N2S/c1-4-8-16-13(5-1)12(10-19-16)9-18-11-17-14-6-2-3-7-15(14)18/h1,4-5,8,10-11H,2-3,6-7,9H2. The van der Waals surface area contributed by atoms with Gasteiger partial charge >= 0.3 is 0 Å². The van der Waals surface area contributed by atoms with E-state index in [1.165, 1.54) is 46.3 Å². The highest BCUT2D eigenvalue weighted by molar-refractivity contribution is 7.17. The number of thiophene rings is 1. The number of hydrogen-bond donors (Lipinski definition) is 0. The predicted molar refractivity (Wildman–Crippen MR) is 79.8 cm³/mol. The van der Waals surface area contributed by atoms with Crippen LogP contribution in [0.1, 0.15) is 29.8 Å². The van der Waals surface area contributed by atoms with Crippen molar-refractivity contribution in [2.75, 3.05) is 0 Å². The van der Waals surface area contributed by atoms with Crippen LogP contribution in [0.15, 0.2) is 36.0 Å². The zero-order valence-electron chi connectivity index (χ0n) is 10.8. The molecule has 4 rings (SSSR count). The third kappa shape index (κ3) is 1.89. The lowest BCUT2D eigenvalue weighted by atomic mass is 10.0. The van der Waals surface area contributed by atoms with Crippen LogP contribution in [0, 0.1) is 0 Å². The molecule has 96 valence electrons. The Balaban J connectivity index is 1.73. The van der Waals surface area contributed by atoms with Crippen molar-refractivity contribution < 1.29 is 0 Å². The van der Waals surface area contributed by atoms with Crippen molar-refractivity contribution in [1.82, 2.24) is 9.55 Å². The maximum absolute atomic E-state index is 4.58. The lowest BCUT2D eigenvalue weighted by molar-refractivity contribution is 0.629. The highest BCUT2D eigenvalue weighted by atomic mass is 32.1. The van der Waals surface area contributed by atoms with Gasteiger partial charge in [-0.25, -0.2) is 4.98 Å². The van der Waals surface area contributed by atoms with Crippen LogP contribution in [-0.4, -0.2) is 9.55 Å². The summed E-state index contributed by atoms with van der Waals surface area (Å²) in [6, 6.07) is 8.67. The molecule has 1 aliphatic carbocycles. The summed E-state index contributed by atoms with van der Waals surface area (Å²) in [5, 5.41) is 3.69. The molecule has 0 fully saturated rings. The number of aromatic nitrogens is 2. The predicted octanol–water partition coefficient (Wildman–Crippen LogP) is 4.02. The van der Waals surface area contributed by atoms with Crippen molar-refractivity contribution in [3.63, 3.8) is 0 Å². The molecule has 0 aliphatic heterocycles. The molecule has 0 saturated carbocycles. The largest absolute Gasteiger partial charge is 0.330 e. The molecule has 0 amide bonds. The highest BCUT2D eigenvalue weighted by Gasteiger charge is 2.15. The van der Waals surface area contributed by atoms with Gasteiger partial charge in [0.05, 0.1) is 18.6 Å². The third-order valence-corrected chi connectivity index (χ3v) is 5.02. The summed E-state index contributed by atoms with van der Waals surface area (Å²) in [7, 11) is 0. The van der Waals surface area contributed by atoms with Crippen LogP contribution in [0.4, 0.5) is 0 Å². The van der Waals surface area contributed by atoms with Crippen LogP contribution in [-0.2, 0) is 19.4 Å². The molecule has 0 radical (unpaired) electrons. The minimum atomic E-state index is 0.965. The average Bonchev–Trinajstić information content (AvgIpc) is 3.05. The molecule has 2 aromatic heterocycles. The fraction of sp³-hybridized carbons (Fsp3) is 0.312. The molecule has 19 heavy (non-hydrogen) atoms. The Morgan fingerprint density at radius 2 is 2.05 bits per heavy atom. The maximum Gasteiger partial charge on any atom is 0.0954 e. The van der Waals surface area contributed by atoms with Crippen LogP contribution in [0.25, 0.3) is 10.1 Å². The van der Waals surface area contributed by atoms with Gasteiger partial charge < -0.3 is 4.57 Å². The Hall–Kier alpha value is -1.61. The summed E-state index contributed by atoms with van der Waals surface area (Å²) in [5.41, 5.74) is 4.21. The van der Waals surface area contributed by atoms with Crippen LogP contribution < -0.4 is 0 Å². The second-order valence-electron chi connectivity index (χ2n) is 5.23. The molecular formula is C16H16N2S. The number of benzene rings is 1. The van der Waals surface area contributed by atoms with E-state index < -0.39 is 0 Å². The summed E-state index contributed by atoms with van der Waals surface area (Å²) >= 11 is 1.84. The van der Waals surface area contributed by atoms with Crippen LogP contribution >= 0.6 is 11.3 Å². The van der Waals surface area contributed by atoms with E-state index in [-0.39, 0.29) is 0 Å². The van der Waals surface area contributed by atoms with Gasteiger partial charge in [0.25, 0.3) is 0 Å². The molecule has 0 N–H and O–H groups in total. The van der Waals surface area contributed by atoms with E-state index >= 15 is 0 Å². The zero-order chi connectivity index (χ0) is 12.7. The van der Waals surface area contributed by atoms with Gasteiger partial charge in [-0.05, 0) is 48.1 Å². The minimum Gasteiger partial charge on any atom is -0.330 e. The Morgan fingerprint density at radius 3 is 3.05 bits per heavy atom. The summed E-state index contributed by atoms with van der Waals surface area (Å²) in [4.78, 5) is 4.58. The van der Waals surface area contributed by atoms with E-state index in [0.717, 1.165) is 13.0 Å². The lowest BCUT2D eigenvalue weighted by Gasteiger charge is -2.13. The average molecular weight is 268 g/mol. The van der Waals surface area contributed by atoms with E-state index in [9.17, 15) is 0 Å².